The molecule has 2 aromatic carbocycles. The second-order valence-corrected chi connectivity index (χ2v) is 9.98. The van der Waals surface area contributed by atoms with Crippen LogP contribution in [0.4, 0.5) is 11.5 Å². The van der Waals surface area contributed by atoms with Crippen LogP contribution in [0.5, 0.6) is 11.5 Å². The number of anilines is 2. The molecule has 34 heavy (non-hydrogen) atoms. The Morgan fingerprint density at radius 2 is 2.00 bits per heavy atom. The van der Waals surface area contributed by atoms with Crippen LogP contribution in [0, 0.1) is 0 Å². The highest BCUT2D eigenvalue weighted by Crippen LogP contribution is 2.41. The Morgan fingerprint density at radius 1 is 1.15 bits per heavy atom. The summed E-state index contributed by atoms with van der Waals surface area (Å²) in [6.45, 7) is 0.733. The molecule has 176 valence electrons. The van der Waals surface area contributed by atoms with Crippen LogP contribution >= 0.6 is 0 Å². The number of rotatable bonds is 6. The van der Waals surface area contributed by atoms with E-state index in [1.54, 1.807) is 21.2 Å². The molecule has 1 unspecified atom stereocenters. The number of hydrogen-bond donors (Lipinski definition) is 0. The second kappa shape index (κ2) is 9.15. The van der Waals surface area contributed by atoms with Crippen molar-refractivity contribution in [2.75, 3.05) is 39.3 Å². The number of carbonyl (C=O) groups excluding carboxylic acids is 1. The van der Waals surface area contributed by atoms with E-state index in [9.17, 15) is 9.35 Å². The van der Waals surface area contributed by atoms with Gasteiger partial charge >= 0.3 is 0 Å². The topological polar surface area (TPSA) is 90.9 Å². The van der Waals surface area contributed by atoms with E-state index < -0.39 is 11.2 Å². The highest BCUT2D eigenvalue weighted by molar-refractivity contribution is 7.90. The first-order chi connectivity index (χ1) is 16.4. The van der Waals surface area contributed by atoms with Crippen LogP contribution in [0.1, 0.15) is 16.8 Å². The summed E-state index contributed by atoms with van der Waals surface area (Å²) in [5.41, 5.74) is 4.79. The van der Waals surface area contributed by atoms with E-state index in [1.807, 2.05) is 42.5 Å². The molecule has 8 nitrogen and oxygen atoms in total. The first kappa shape index (κ1) is 22.5. The third kappa shape index (κ3) is 4.28. The molecule has 1 aromatic heterocycles. The molecule has 0 saturated carbocycles. The van der Waals surface area contributed by atoms with Crippen molar-refractivity contribution in [1.29, 1.82) is 0 Å². The van der Waals surface area contributed by atoms with Crippen LogP contribution in [-0.4, -0.2) is 59.7 Å². The lowest BCUT2D eigenvalue weighted by Crippen LogP contribution is -2.27. The molecule has 5 rings (SSSR count). The van der Waals surface area contributed by atoms with E-state index in [2.05, 4.69) is 4.90 Å². The summed E-state index contributed by atoms with van der Waals surface area (Å²) < 4.78 is 23.6. The predicted octanol–water partition coefficient (Wildman–Crippen LogP) is 3.08. The third-order valence-corrected chi connectivity index (χ3v) is 7.28. The number of nitrogens with zero attached hydrogens (tertiary/aromatic N) is 4. The van der Waals surface area contributed by atoms with Crippen LogP contribution in [0.3, 0.4) is 0 Å². The van der Waals surface area contributed by atoms with Crippen LogP contribution in [0.15, 0.2) is 42.5 Å². The Balaban J connectivity index is 1.53. The highest BCUT2D eigenvalue weighted by atomic mass is 32.2. The number of benzene rings is 2. The van der Waals surface area contributed by atoms with E-state index in [1.165, 1.54) is 10.5 Å². The third-order valence-electron chi connectivity index (χ3n) is 6.07. The Bertz CT molecular complexity index is 1250. The SMILES string of the molecule is COc1cccc(-c2nc3c(c(N4CCc5ccc(OCC(=O)N(C)C)cc54)n2)C[S+]([O-])C3)c1. The fraction of sp³-hybridized carbons (Fsp3) is 0.320. The van der Waals surface area contributed by atoms with Crippen LogP contribution in [0.25, 0.3) is 11.4 Å². The molecular weight excluding hydrogens is 452 g/mol. The average molecular weight is 479 g/mol. The van der Waals surface area contributed by atoms with Crippen LogP contribution < -0.4 is 14.4 Å². The second-order valence-electron chi connectivity index (χ2n) is 8.53. The van der Waals surface area contributed by atoms with E-state index in [0.29, 0.717) is 23.1 Å². The minimum Gasteiger partial charge on any atom is -0.616 e. The number of amides is 1. The Labute approximate surface area is 201 Å². The quantitative estimate of drug-likeness (QED) is 0.503. The zero-order valence-corrected chi connectivity index (χ0v) is 20.2. The van der Waals surface area contributed by atoms with E-state index in [0.717, 1.165) is 47.0 Å². The number of hydrogen-bond acceptors (Lipinski definition) is 7. The van der Waals surface area contributed by atoms with Crippen molar-refractivity contribution < 1.29 is 18.8 Å². The summed E-state index contributed by atoms with van der Waals surface area (Å²) in [6, 6.07) is 13.5. The minimum atomic E-state index is -0.996. The molecule has 0 spiro atoms. The number of aromatic nitrogens is 2. The van der Waals surface area contributed by atoms with Crippen LogP contribution in [0.2, 0.25) is 0 Å². The van der Waals surface area contributed by atoms with Crippen molar-refractivity contribution in [3.05, 3.63) is 59.3 Å². The van der Waals surface area contributed by atoms with Gasteiger partial charge in [0.05, 0.1) is 12.7 Å². The van der Waals surface area contributed by atoms with Gasteiger partial charge in [-0.25, -0.2) is 9.97 Å². The molecule has 1 amide bonds. The van der Waals surface area contributed by atoms with Crippen molar-refractivity contribution in [3.8, 4) is 22.9 Å². The summed E-state index contributed by atoms with van der Waals surface area (Å²) >= 11 is -0.996. The van der Waals surface area contributed by atoms with Gasteiger partial charge in [0.25, 0.3) is 5.91 Å². The molecule has 9 heteroatoms. The molecule has 1 atom stereocenters. The molecule has 3 heterocycles. The van der Waals surface area contributed by atoms with Gasteiger partial charge in [0.2, 0.25) is 0 Å². The normalized spacial score (nSPS) is 16.2. The maximum atomic E-state index is 12.5. The molecule has 2 aliphatic heterocycles. The molecule has 0 bridgehead atoms. The first-order valence-electron chi connectivity index (χ1n) is 11.1. The van der Waals surface area contributed by atoms with E-state index in [-0.39, 0.29) is 12.5 Å². The Hall–Kier alpha value is -3.30. The van der Waals surface area contributed by atoms with Gasteiger partial charge in [-0.3, -0.25) is 4.79 Å². The molecule has 0 aliphatic carbocycles. The molecule has 0 N–H and O–H groups in total. The average Bonchev–Trinajstić information content (AvgIpc) is 3.44. The number of carbonyl (C=O) groups is 1. The number of fused-ring (bicyclic) bond motifs is 2. The van der Waals surface area contributed by atoms with Crippen LogP contribution in [-0.2, 0) is 33.9 Å². The maximum absolute atomic E-state index is 12.5. The Morgan fingerprint density at radius 3 is 2.79 bits per heavy atom. The van der Waals surface area contributed by atoms with Crippen molar-refractivity contribution in [1.82, 2.24) is 14.9 Å². The smallest absolute Gasteiger partial charge is 0.259 e. The van der Waals surface area contributed by atoms with Crippen molar-refractivity contribution in [3.63, 3.8) is 0 Å². The monoisotopic (exact) mass is 478 g/mol. The van der Waals surface area contributed by atoms with E-state index in [4.69, 9.17) is 19.4 Å². The Kier molecular flexibility index (Phi) is 6.05. The largest absolute Gasteiger partial charge is 0.616 e. The number of likely N-dealkylation sites (N-methyl/N-ethyl adjacent to an activating group) is 1. The molecular formula is C25H26N4O4S. The van der Waals surface area contributed by atoms with Gasteiger partial charge in [-0.1, -0.05) is 18.2 Å². The lowest BCUT2D eigenvalue weighted by molar-refractivity contribution is -0.130. The van der Waals surface area contributed by atoms with Crippen molar-refractivity contribution >= 4 is 28.6 Å². The molecule has 0 radical (unpaired) electrons. The molecule has 0 saturated heterocycles. The summed E-state index contributed by atoms with van der Waals surface area (Å²) in [7, 11) is 5.04. The standard InChI is InChI=1S/C25H26N4O4S/c1-28(2)23(30)13-33-19-8-7-16-9-10-29(22(16)12-19)25-20-14-34(31)15-21(20)26-24(27-25)17-5-4-6-18(11-17)32-3/h4-8,11-12H,9-10,13-15H2,1-3H3. The maximum Gasteiger partial charge on any atom is 0.259 e. The summed E-state index contributed by atoms with van der Waals surface area (Å²) in [6.07, 6.45) is 0.864. The van der Waals surface area contributed by atoms with Gasteiger partial charge in [0.1, 0.15) is 34.5 Å². The number of ether oxygens (including phenoxy) is 2. The highest BCUT2D eigenvalue weighted by Gasteiger charge is 2.33. The van der Waals surface area contributed by atoms with Gasteiger partial charge in [0, 0.05) is 38.0 Å². The van der Waals surface area contributed by atoms with Crippen molar-refractivity contribution in [2.24, 2.45) is 0 Å². The fourth-order valence-electron chi connectivity index (χ4n) is 4.21. The first-order valence-corrected chi connectivity index (χ1v) is 12.5. The molecule has 2 aliphatic rings. The lowest BCUT2D eigenvalue weighted by Gasteiger charge is -2.22. The van der Waals surface area contributed by atoms with Gasteiger partial charge in [-0.2, -0.15) is 0 Å². The predicted molar refractivity (Wildman–Crippen MR) is 131 cm³/mol. The molecule has 0 fully saturated rings. The van der Waals surface area contributed by atoms with Gasteiger partial charge in [-0.05, 0) is 41.4 Å². The van der Waals surface area contributed by atoms with E-state index >= 15 is 0 Å². The minimum absolute atomic E-state index is 0.0202. The zero-order chi connectivity index (χ0) is 23.8. The lowest BCUT2D eigenvalue weighted by atomic mass is 10.1. The summed E-state index contributed by atoms with van der Waals surface area (Å²) in [5, 5.41) is 0. The summed E-state index contributed by atoms with van der Waals surface area (Å²) in [5.74, 6) is 3.51. The fourth-order valence-corrected chi connectivity index (χ4v) is 5.47. The zero-order valence-electron chi connectivity index (χ0n) is 19.4. The molecule has 3 aromatic rings. The van der Waals surface area contributed by atoms with Crippen molar-refractivity contribution in [2.45, 2.75) is 17.9 Å². The summed E-state index contributed by atoms with van der Waals surface area (Å²) in [4.78, 5) is 25.3. The number of methoxy groups -OCH3 is 1. The van der Waals surface area contributed by atoms with Gasteiger partial charge < -0.3 is 23.8 Å². The van der Waals surface area contributed by atoms with Gasteiger partial charge in [0.15, 0.2) is 12.4 Å². The van der Waals surface area contributed by atoms with Gasteiger partial charge in [-0.15, -0.1) is 0 Å².